The average molecular weight is 428 g/mol. The van der Waals surface area contributed by atoms with Crippen LogP contribution in [0.15, 0.2) is 40.9 Å². The quantitative estimate of drug-likeness (QED) is 0.327. The summed E-state index contributed by atoms with van der Waals surface area (Å²) in [6, 6.07) is 7.44. The van der Waals surface area contributed by atoms with Gasteiger partial charge in [-0.15, -0.1) is 0 Å². The third-order valence-corrected chi connectivity index (χ3v) is 4.34. The van der Waals surface area contributed by atoms with E-state index in [0.717, 1.165) is 0 Å². The smallest absolute Gasteiger partial charge is 0.360 e. The molecule has 162 valence electrons. The van der Waals surface area contributed by atoms with Crippen LogP contribution < -0.4 is 10.1 Å². The number of ether oxygens (including phenoxy) is 2. The van der Waals surface area contributed by atoms with Gasteiger partial charge in [0.05, 0.1) is 17.7 Å². The number of hydrogen-bond donors (Lipinski definition) is 1. The standard InChI is InChI=1S/C20H20N4O7/c1-4-23-10-15(18(22-23)20(26)29-3)21-19(25)17-8-6-14(31-17)11-30-13-5-7-16(24(27)28)12(2)9-13/h5-10H,4,11H2,1-3H3,(H,21,25). The molecule has 0 atom stereocenters. The molecule has 0 saturated carbocycles. The van der Waals surface area contributed by atoms with E-state index in [1.54, 1.807) is 19.1 Å². The SMILES string of the molecule is CCn1cc(NC(=O)c2ccc(COc3ccc([N+](=O)[O-])c(C)c3)o2)c(C(=O)OC)n1. The zero-order chi connectivity index (χ0) is 22.5. The van der Waals surface area contributed by atoms with Gasteiger partial charge in [-0.05, 0) is 38.1 Å². The maximum absolute atomic E-state index is 12.5. The summed E-state index contributed by atoms with van der Waals surface area (Å²) in [4.78, 5) is 34.8. The third kappa shape index (κ3) is 4.89. The highest BCUT2D eigenvalue weighted by molar-refractivity contribution is 6.05. The molecule has 2 aromatic heterocycles. The fraction of sp³-hybridized carbons (Fsp3) is 0.250. The number of nitro benzene ring substituents is 1. The maximum Gasteiger partial charge on any atom is 0.360 e. The van der Waals surface area contributed by atoms with Crippen LogP contribution in [-0.4, -0.2) is 33.7 Å². The van der Waals surface area contributed by atoms with Crippen LogP contribution in [0, 0.1) is 17.0 Å². The summed E-state index contributed by atoms with van der Waals surface area (Å²) < 4.78 is 17.3. The molecule has 11 heteroatoms. The van der Waals surface area contributed by atoms with Crippen molar-refractivity contribution in [3.63, 3.8) is 0 Å². The van der Waals surface area contributed by atoms with E-state index < -0.39 is 16.8 Å². The highest BCUT2D eigenvalue weighted by Gasteiger charge is 2.21. The van der Waals surface area contributed by atoms with Crippen molar-refractivity contribution in [3.05, 3.63) is 69.4 Å². The van der Waals surface area contributed by atoms with Gasteiger partial charge in [0.25, 0.3) is 11.6 Å². The minimum absolute atomic E-state index is 0.00188. The summed E-state index contributed by atoms with van der Waals surface area (Å²) in [5.74, 6) is -0.426. The first kappa shape index (κ1) is 21.6. The molecule has 1 N–H and O–H groups in total. The Morgan fingerprint density at radius 3 is 2.71 bits per heavy atom. The lowest BCUT2D eigenvalue weighted by atomic mass is 10.2. The number of rotatable bonds is 8. The van der Waals surface area contributed by atoms with Crippen LogP contribution in [0.2, 0.25) is 0 Å². The zero-order valence-corrected chi connectivity index (χ0v) is 17.1. The molecule has 3 aromatic rings. The van der Waals surface area contributed by atoms with Crippen molar-refractivity contribution >= 4 is 23.3 Å². The number of anilines is 1. The van der Waals surface area contributed by atoms with E-state index in [1.165, 1.54) is 36.2 Å². The lowest BCUT2D eigenvalue weighted by Gasteiger charge is -2.05. The monoisotopic (exact) mass is 428 g/mol. The topological polar surface area (TPSA) is 139 Å². The van der Waals surface area contributed by atoms with Gasteiger partial charge in [0.2, 0.25) is 0 Å². The van der Waals surface area contributed by atoms with Crippen molar-refractivity contribution in [3.8, 4) is 5.75 Å². The zero-order valence-electron chi connectivity index (χ0n) is 17.1. The molecule has 3 rings (SSSR count). The van der Waals surface area contributed by atoms with E-state index in [0.29, 0.717) is 23.6 Å². The number of aryl methyl sites for hydroxylation is 2. The minimum Gasteiger partial charge on any atom is -0.486 e. The number of nitrogens with zero attached hydrogens (tertiary/aromatic N) is 3. The Kier molecular flexibility index (Phi) is 6.34. The van der Waals surface area contributed by atoms with Gasteiger partial charge in [0, 0.05) is 24.4 Å². The van der Waals surface area contributed by atoms with E-state index >= 15 is 0 Å². The summed E-state index contributed by atoms with van der Waals surface area (Å²) in [5.41, 5.74) is 0.661. The molecule has 0 unspecified atom stereocenters. The predicted octanol–water partition coefficient (Wildman–Crippen LogP) is 3.33. The molecule has 0 aliphatic carbocycles. The van der Waals surface area contributed by atoms with E-state index in [4.69, 9.17) is 9.15 Å². The molecule has 0 saturated heterocycles. The third-order valence-electron chi connectivity index (χ3n) is 4.34. The van der Waals surface area contributed by atoms with Gasteiger partial charge in [-0.2, -0.15) is 5.10 Å². The van der Waals surface area contributed by atoms with Gasteiger partial charge < -0.3 is 19.2 Å². The minimum atomic E-state index is -0.672. The average Bonchev–Trinajstić information content (AvgIpc) is 3.38. The first-order valence-electron chi connectivity index (χ1n) is 9.26. The van der Waals surface area contributed by atoms with Crippen LogP contribution >= 0.6 is 0 Å². The highest BCUT2D eigenvalue weighted by atomic mass is 16.6. The number of amides is 1. The van der Waals surface area contributed by atoms with Crippen LogP contribution in [-0.2, 0) is 17.9 Å². The lowest BCUT2D eigenvalue weighted by molar-refractivity contribution is -0.385. The summed E-state index contributed by atoms with van der Waals surface area (Å²) in [5, 5.41) is 17.5. The normalized spacial score (nSPS) is 10.5. The Labute approximate surface area is 176 Å². The van der Waals surface area contributed by atoms with Crippen LogP contribution in [0.3, 0.4) is 0 Å². The number of benzene rings is 1. The fourth-order valence-corrected chi connectivity index (χ4v) is 2.76. The van der Waals surface area contributed by atoms with E-state index in [9.17, 15) is 19.7 Å². The van der Waals surface area contributed by atoms with Gasteiger partial charge >= 0.3 is 5.97 Å². The number of aromatic nitrogens is 2. The summed E-state index contributed by atoms with van der Waals surface area (Å²) in [7, 11) is 1.23. The van der Waals surface area contributed by atoms with Gasteiger partial charge in [0.15, 0.2) is 11.5 Å². The van der Waals surface area contributed by atoms with Crippen LogP contribution in [0.25, 0.3) is 0 Å². The second kappa shape index (κ2) is 9.11. The summed E-state index contributed by atoms with van der Waals surface area (Å²) in [6.07, 6.45) is 1.52. The molecular formula is C20H20N4O7. The van der Waals surface area contributed by atoms with Crippen molar-refractivity contribution in [2.24, 2.45) is 0 Å². The second-order valence-corrected chi connectivity index (χ2v) is 6.45. The van der Waals surface area contributed by atoms with Gasteiger partial charge in [-0.25, -0.2) is 4.79 Å². The molecule has 11 nitrogen and oxygen atoms in total. The number of esters is 1. The Hall–Kier alpha value is -4.15. The van der Waals surface area contributed by atoms with Gasteiger partial charge in [-0.3, -0.25) is 19.6 Å². The number of carbonyl (C=O) groups is 2. The van der Waals surface area contributed by atoms with Crippen molar-refractivity contribution in [2.45, 2.75) is 27.0 Å². The van der Waals surface area contributed by atoms with Crippen molar-refractivity contribution in [2.75, 3.05) is 12.4 Å². The first-order valence-corrected chi connectivity index (χ1v) is 9.26. The number of carbonyl (C=O) groups excluding carboxylic acids is 2. The molecular weight excluding hydrogens is 408 g/mol. The van der Waals surface area contributed by atoms with Crippen molar-refractivity contribution in [1.82, 2.24) is 9.78 Å². The number of hydrogen-bond acceptors (Lipinski definition) is 8. The molecule has 2 heterocycles. The molecule has 1 amide bonds. The Morgan fingerprint density at radius 2 is 2.06 bits per heavy atom. The number of methoxy groups -OCH3 is 1. The van der Waals surface area contributed by atoms with Crippen LogP contribution in [0.5, 0.6) is 5.75 Å². The Balaban J connectivity index is 1.66. The summed E-state index contributed by atoms with van der Waals surface area (Å²) in [6.45, 7) is 3.98. The van der Waals surface area contributed by atoms with Gasteiger partial charge in [0.1, 0.15) is 18.1 Å². The molecule has 31 heavy (non-hydrogen) atoms. The van der Waals surface area contributed by atoms with Crippen molar-refractivity contribution in [1.29, 1.82) is 0 Å². The predicted molar refractivity (Wildman–Crippen MR) is 108 cm³/mol. The first-order chi connectivity index (χ1) is 14.8. The molecule has 0 bridgehead atoms. The van der Waals surface area contributed by atoms with E-state index in [-0.39, 0.29) is 29.4 Å². The molecule has 1 aromatic carbocycles. The van der Waals surface area contributed by atoms with E-state index in [1.807, 2.05) is 6.92 Å². The highest BCUT2D eigenvalue weighted by Crippen LogP contribution is 2.24. The van der Waals surface area contributed by atoms with Crippen LogP contribution in [0.4, 0.5) is 11.4 Å². The summed E-state index contributed by atoms with van der Waals surface area (Å²) >= 11 is 0. The Bertz CT molecular complexity index is 1130. The molecule has 0 spiro atoms. The molecule has 0 aliphatic heterocycles. The molecule has 0 aliphatic rings. The molecule has 0 fully saturated rings. The number of nitrogens with one attached hydrogen (secondary N) is 1. The fourth-order valence-electron chi connectivity index (χ4n) is 2.76. The largest absolute Gasteiger partial charge is 0.486 e. The lowest BCUT2D eigenvalue weighted by Crippen LogP contribution is -2.14. The van der Waals surface area contributed by atoms with Gasteiger partial charge in [-0.1, -0.05) is 0 Å². The second-order valence-electron chi connectivity index (χ2n) is 6.45. The van der Waals surface area contributed by atoms with Crippen molar-refractivity contribution < 1.29 is 28.4 Å². The number of nitro groups is 1. The number of furan rings is 1. The molecule has 0 radical (unpaired) electrons. The van der Waals surface area contributed by atoms with Crippen LogP contribution in [0.1, 0.15) is 39.3 Å². The maximum atomic E-state index is 12.5. The van der Waals surface area contributed by atoms with E-state index in [2.05, 4.69) is 15.2 Å². The Morgan fingerprint density at radius 1 is 1.29 bits per heavy atom.